The van der Waals surface area contributed by atoms with Gasteiger partial charge in [-0.1, -0.05) is 48.5 Å². The normalized spacial score (nSPS) is 17.6. The summed E-state index contributed by atoms with van der Waals surface area (Å²) >= 11 is 0. The van der Waals surface area contributed by atoms with E-state index in [1.54, 1.807) is 23.1 Å². The molecular formula is C29H31FN4O2. The molecule has 3 aromatic rings. The molecule has 0 aliphatic carbocycles. The lowest BCUT2D eigenvalue weighted by atomic mass is 10.1. The summed E-state index contributed by atoms with van der Waals surface area (Å²) in [5, 5.41) is 3.06. The Balaban J connectivity index is 1.13. The van der Waals surface area contributed by atoms with Gasteiger partial charge in [-0.15, -0.1) is 0 Å². The molecule has 2 heterocycles. The fourth-order valence-corrected chi connectivity index (χ4v) is 5.12. The van der Waals surface area contributed by atoms with Crippen molar-refractivity contribution in [2.45, 2.75) is 18.9 Å². The number of piperazine rings is 1. The molecule has 1 atom stereocenters. The van der Waals surface area contributed by atoms with Gasteiger partial charge in [0, 0.05) is 50.4 Å². The van der Waals surface area contributed by atoms with Crippen LogP contribution >= 0.6 is 0 Å². The molecule has 186 valence electrons. The molecule has 2 aliphatic heterocycles. The monoisotopic (exact) mass is 486 g/mol. The summed E-state index contributed by atoms with van der Waals surface area (Å²) in [4.78, 5) is 32.6. The molecule has 1 N–H and O–H groups in total. The molecule has 5 rings (SSSR count). The van der Waals surface area contributed by atoms with Gasteiger partial charge in [0.05, 0.1) is 5.69 Å². The van der Waals surface area contributed by atoms with Gasteiger partial charge < -0.3 is 10.2 Å². The molecule has 7 heteroatoms. The van der Waals surface area contributed by atoms with E-state index < -0.39 is 6.04 Å². The standard InChI is InChI=1S/C29H31FN4O2/c30-24-12-5-7-14-26(24)33-19-17-32(18-20-33)16-8-15-31-28(35)27-21-23-11-4-6-13-25(23)34(27)29(36)22-9-2-1-3-10-22/h1-7,9-14,27H,8,15-21H2,(H,31,35)/t27-/m0/s1. The summed E-state index contributed by atoms with van der Waals surface area (Å²) in [5.74, 6) is -0.462. The lowest BCUT2D eigenvalue weighted by Gasteiger charge is -2.36. The van der Waals surface area contributed by atoms with Crippen LogP contribution in [0.15, 0.2) is 78.9 Å². The molecule has 0 unspecified atom stereocenters. The Kier molecular flexibility index (Phi) is 7.28. The van der Waals surface area contributed by atoms with Crippen molar-refractivity contribution in [3.63, 3.8) is 0 Å². The van der Waals surface area contributed by atoms with E-state index in [0.717, 1.165) is 50.4 Å². The molecule has 1 fully saturated rings. The lowest BCUT2D eigenvalue weighted by molar-refractivity contribution is -0.122. The molecule has 3 aromatic carbocycles. The number of carbonyl (C=O) groups is 2. The fourth-order valence-electron chi connectivity index (χ4n) is 5.12. The Hall–Kier alpha value is -3.71. The van der Waals surface area contributed by atoms with E-state index in [0.29, 0.717) is 24.2 Å². The second kappa shape index (κ2) is 10.9. The van der Waals surface area contributed by atoms with Gasteiger partial charge in [-0.2, -0.15) is 0 Å². The molecule has 6 nitrogen and oxygen atoms in total. The molecule has 36 heavy (non-hydrogen) atoms. The molecule has 0 spiro atoms. The van der Waals surface area contributed by atoms with Crippen molar-refractivity contribution in [2.24, 2.45) is 0 Å². The Labute approximate surface area is 211 Å². The number of nitrogens with zero attached hydrogens (tertiary/aromatic N) is 3. The smallest absolute Gasteiger partial charge is 0.259 e. The van der Waals surface area contributed by atoms with Gasteiger partial charge in [0.2, 0.25) is 5.91 Å². The van der Waals surface area contributed by atoms with Crippen LogP contribution in [0.5, 0.6) is 0 Å². The zero-order valence-electron chi connectivity index (χ0n) is 20.3. The predicted molar refractivity (Wildman–Crippen MR) is 140 cm³/mol. The van der Waals surface area contributed by atoms with E-state index in [9.17, 15) is 14.0 Å². The zero-order valence-corrected chi connectivity index (χ0v) is 20.3. The van der Waals surface area contributed by atoms with Crippen LogP contribution in [0, 0.1) is 5.82 Å². The fraction of sp³-hybridized carbons (Fsp3) is 0.310. The van der Waals surface area contributed by atoms with Crippen molar-refractivity contribution in [3.05, 3.63) is 95.8 Å². The highest BCUT2D eigenvalue weighted by atomic mass is 19.1. The van der Waals surface area contributed by atoms with E-state index in [4.69, 9.17) is 0 Å². The Bertz CT molecular complexity index is 1210. The first kappa shape index (κ1) is 24.0. The summed E-state index contributed by atoms with van der Waals surface area (Å²) in [6.07, 6.45) is 1.33. The van der Waals surface area contributed by atoms with Crippen LogP contribution in [0.2, 0.25) is 0 Å². The minimum Gasteiger partial charge on any atom is -0.367 e. The van der Waals surface area contributed by atoms with Crippen LogP contribution in [0.4, 0.5) is 15.8 Å². The summed E-state index contributed by atoms with van der Waals surface area (Å²) in [6.45, 7) is 4.70. The van der Waals surface area contributed by atoms with E-state index in [1.165, 1.54) is 6.07 Å². The van der Waals surface area contributed by atoms with Crippen molar-refractivity contribution in [2.75, 3.05) is 49.1 Å². The number of hydrogen-bond acceptors (Lipinski definition) is 4. The molecular weight excluding hydrogens is 455 g/mol. The van der Waals surface area contributed by atoms with Crippen LogP contribution in [0.1, 0.15) is 22.3 Å². The van der Waals surface area contributed by atoms with E-state index >= 15 is 0 Å². The Morgan fingerprint density at radius 3 is 2.25 bits per heavy atom. The third-order valence-corrected chi connectivity index (χ3v) is 7.03. The Morgan fingerprint density at radius 1 is 0.833 bits per heavy atom. The van der Waals surface area contributed by atoms with Gasteiger partial charge in [-0.05, 0) is 48.9 Å². The second-order valence-corrected chi connectivity index (χ2v) is 9.31. The quantitative estimate of drug-likeness (QED) is 0.517. The van der Waals surface area contributed by atoms with Crippen molar-refractivity contribution in [3.8, 4) is 0 Å². The van der Waals surface area contributed by atoms with Gasteiger partial charge >= 0.3 is 0 Å². The molecule has 0 aromatic heterocycles. The van der Waals surface area contributed by atoms with Crippen LogP contribution in [-0.4, -0.2) is 62.0 Å². The molecule has 1 saturated heterocycles. The Morgan fingerprint density at radius 2 is 1.50 bits per heavy atom. The molecule has 0 bridgehead atoms. The largest absolute Gasteiger partial charge is 0.367 e. The average Bonchev–Trinajstić information content (AvgIpc) is 3.31. The highest BCUT2D eigenvalue weighted by Gasteiger charge is 2.38. The van der Waals surface area contributed by atoms with Gasteiger partial charge in [0.15, 0.2) is 0 Å². The van der Waals surface area contributed by atoms with Crippen molar-refractivity contribution < 1.29 is 14.0 Å². The summed E-state index contributed by atoms with van der Waals surface area (Å²) in [6, 6.07) is 23.2. The van der Waals surface area contributed by atoms with Crippen LogP contribution in [0.25, 0.3) is 0 Å². The number of carbonyl (C=O) groups excluding carboxylic acids is 2. The van der Waals surface area contributed by atoms with Crippen LogP contribution < -0.4 is 15.1 Å². The van der Waals surface area contributed by atoms with E-state index in [-0.39, 0.29) is 17.6 Å². The minimum atomic E-state index is -0.556. The van der Waals surface area contributed by atoms with Crippen LogP contribution in [-0.2, 0) is 11.2 Å². The number of halogens is 1. The van der Waals surface area contributed by atoms with Gasteiger partial charge in [0.1, 0.15) is 11.9 Å². The topological polar surface area (TPSA) is 55.9 Å². The number of anilines is 2. The maximum Gasteiger partial charge on any atom is 0.259 e. The maximum atomic E-state index is 14.1. The molecule has 0 radical (unpaired) electrons. The van der Waals surface area contributed by atoms with Crippen molar-refractivity contribution >= 4 is 23.2 Å². The molecule has 2 amide bonds. The highest BCUT2D eigenvalue weighted by molar-refractivity contribution is 6.11. The number of benzene rings is 3. The number of amides is 2. The third-order valence-electron chi connectivity index (χ3n) is 7.03. The third kappa shape index (κ3) is 5.11. The SMILES string of the molecule is O=C(NCCCN1CCN(c2ccccc2F)CC1)[C@@H]1Cc2ccccc2N1C(=O)c1ccccc1. The van der Waals surface area contributed by atoms with E-state index in [1.807, 2.05) is 54.6 Å². The first-order valence-electron chi connectivity index (χ1n) is 12.6. The number of rotatable bonds is 7. The number of para-hydroxylation sites is 2. The zero-order chi connectivity index (χ0) is 24.9. The number of hydrogen-bond donors (Lipinski definition) is 1. The maximum absolute atomic E-state index is 14.1. The summed E-state index contributed by atoms with van der Waals surface area (Å²) < 4.78 is 14.1. The lowest BCUT2D eigenvalue weighted by Crippen LogP contribution is -2.49. The highest BCUT2D eigenvalue weighted by Crippen LogP contribution is 2.33. The molecule has 0 saturated carbocycles. The van der Waals surface area contributed by atoms with Gasteiger partial charge in [0.25, 0.3) is 5.91 Å². The second-order valence-electron chi connectivity index (χ2n) is 9.31. The predicted octanol–water partition coefficient (Wildman–Crippen LogP) is 3.73. The summed E-state index contributed by atoms with van der Waals surface area (Å²) in [7, 11) is 0. The summed E-state index contributed by atoms with van der Waals surface area (Å²) in [5.41, 5.74) is 3.05. The number of fused-ring (bicyclic) bond motifs is 1. The van der Waals surface area contributed by atoms with Crippen molar-refractivity contribution in [1.29, 1.82) is 0 Å². The first-order valence-corrected chi connectivity index (χ1v) is 12.6. The van der Waals surface area contributed by atoms with Crippen LogP contribution in [0.3, 0.4) is 0 Å². The van der Waals surface area contributed by atoms with E-state index in [2.05, 4.69) is 15.1 Å². The minimum absolute atomic E-state index is 0.125. The average molecular weight is 487 g/mol. The van der Waals surface area contributed by atoms with Gasteiger partial charge in [-0.25, -0.2) is 4.39 Å². The van der Waals surface area contributed by atoms with Gasteiger partial charge in [-0.3, -0.25) is 19.4 Å². The number of nitrogens with one attached hydrogen (secondary N) is 1. The first-order chi connectivity index (χ1) is 17.6. The van der Waals surface area contributed by atoms with Crippen molar-refractivity contribution in [1.82, 2.24) is 10.2 Å². The molecule has 2 aliphatic rings.